The van der Waals surface area contributed by atoms with Gasteiger partial charge in [-0.1, -0.05) is 20.4 Å². The summed E-state index contributed by atoms with van der Waals surface area (Å²) in [5.41, 5.74) is 3.06. The Morgan fingerprint density at radius 2 is 2.15 bits per heavy atom. The molecule has 13 heavy (non-hydrogen) atoms. The Kier molecular flexibility index (Phi) is 3.07. The van der Waals surface area contributed by atoms with Crippen LogP contribution in [0.4, 0.5) is 5.69 Å². The molecule has 0 spiro atoms. The van der Waals surface area contributed by atoms with Gasteiger partial charge in [0.2, 0.25) is 0 Å². The minimum atomic E-state index is 0.463. The highest BCUT2D eigenvalue weighted by atomic mass is 14.9. The number of rotatable bonds is 3. The van der Waals surface area contributed by atoms with Crippen molar-refractivity contribution in [2.45, 2.75) is 19.8 Å². The number of nitrogens with zero attached hydrogens (tertiary/aromatic N) is 1. The van der Waals surface area contributed by atoms with Crippen LogP contribution in [0.3, 0.4) is 0 Å². The highest BCUT2D eigenvalue weighted by molar-refractivity contribution is 5.62. The third-order valence-electron chi connectivity index (χ3n) is 2.00. The lowest BCUT2D eigenvalue weighted by molar-refractivity contribution is 0.821. The van der Waals surface area contributed by atoms with Gasteiger partial charge in [-0.25, -0.2) is 0 Å². The van der Waals surface area contributed by atoms with Gasteiger partial charge in [0, 0.05) is 12.7 Å². The summed E-state index contributed by atoms with van der Waals surface area (Å²) in [6.07, 6.45) is 1.78. The first-order chi connectivity index (χ1) is 6.19. The van der Waals surface area contributed by atoms with Crippen molar-refractivity contribution in [3.63, 3.8) is 0 Å². The summed E-state index contributed by atoms with van der Waals surface area (Å²) in [5.74, 6) is 0.463. The lowest BCUT2D eigenvalue weighted by atomic mass is 10.1. The Labute approximate surface area is 79.7 Å². The van der Waals surface area contributed by atoms with E-state index in [2.05, 4.69) is 30.7 Å². The molecule has 0 bridgehead atoms. The molecule has 1 aromatic rings. The van der Waals surface area contributed by atoms with E-state index in [4.69, 9.17) is 0 Å². The lowest BCUT2D eigenvalue weighted by Gasteiger charge is -2.09. The van der Waals surface area contributed by atoms with E-state index >= 15 is 0 Å². The molecule has 0 unspecified atom stereocenters. The predicted molar refractivity (Wildman–Crippen MR) is 58.0 cm³/mol. The van der Waals surface area contributed by atoms with Crippen molar-refractivity contribution in [2.24, 2.45) is 0 Å². The number of aromatic nitrogens is 1. The molecule has 0 aliphatic heterocycles. The van der Waals surface area contributed by atoms with Crippen molar-refractivity contribution in [1.29, 1.82) is 0 Å². The predicted octanol–water partition coefficient (Wildman–Crippen LogP) is 2.89. The van der Waals surface area contributed by atoms with Crippen molar-refractivity contribution in [3.8, 4) is 0 Å². The maximum atomic E-state index is 4.48. The molecule has 1 N–H and O–H groups in total. The van der Waals surface area contributed by atoms with Gasteiger partial charge in [-0.15, -0.1) is 0 Å². The summed E-state index contributed by atoms with van der Waals surface area (Å²) in [7, 11) is 1.89. The van der Waals surface area contributed by atoms with Crippen LogP contribution >= 0.6 is 0 Å². The summed E-state index contributed by atoms with van der Waals surface area (Å²) in [6, 6.07) is 4.09. The highest BCUT2D eigenvalue weighted by Gasteiger charge is 2.03. The molecule has 1 heterocycles. The van der Waals surface area contributed by atoms with E-state index in [0.29, 0.717) is 5.92 Å². The molecule has 70 valence electrons. The zero-order valence-electron chi connectivity index (χ0n) is 8.46. The summed E-state index contributed by atoms with van der Waals surface area (Å²) in [4.78, 5) is 4.48. The number of pyridine rings is 1. The second-order valence-electron chi connectivity index (χ2n) is 3.28. The van der Waals surface area contributed by atoms with Gasteiger partial charge >= 0.3 is 0 Å². The Bertz CT molecular complexity index is 303. The molecule has 0 radical (unpaired) electrons. The molecule has 0 saturated heterocycles. The second-order valence-corrected chi connectivity index (χ2v) is 3.28. The molecular weight excluding hydrogens is 160 g/mol. The molecule has 0 aliphatic carbocycles. The molecule has 0 aromatic carbocycles. The molecule has 0 saturated carbocycles. The van der Waals surface area contributed by atoms with Crippen LogP contribution < -0.4 is 5.32 Å². The van der Waals surface area contributed by atoms with Crippen molar-refractivity contribution in [2.75, 3.05) is 12.4 Å². The van der Waals surface area contributed by atoms with Crippen LogP contribution in [0.15, 0.2) is 18.7 Å². The number of anilines is 1. The first-order valence-electron chi connectivity index (χ1n) is 4.50. The summed E-state index contributed by atoms with van der Waals surface area (Å²) < 4.78 is 0. The van der Waals surface area contributed by atoms with Gasteiger partial charge < -0.3 is 5.32 Å². The number of hydrogen-bond acceptors (Lipinski definition) is 2. The average molecular weight is 176 g/mol. The van der Waals surface area contributed by atoms with Crippen LogP contribution in [-0.4, -0.2) is 12.0 Å². The van der Waals surface area contributed by atoms with E-state index < -0.39 is 0 Å². The van der Waals surface area contributed by atoms with Crippen LogP contribution in [0.2, 0.25) is 0 Å². The first-order valence-corrected chi connectivity index (χ1v) is 4.50. The second kappa shape index (κ2) is 4.08. The van der Waals surface area contributed by atoms with Crippen LogP contribution in [-0.2, 0) is 0 Å². The standard InChI is InChI=1S/C11H16N2/c1-5-9-11(12-4)7-6-10(13-9)8(2)3/h5-8,12H,1H2,2-4H3. The van der Waals surface area contributed by atoms with Gasteiger partial charge in [-0.3, -0.25) is 4.98 Å². The third kappa shape index (κ3) is 2.08. The first kappa shape index (κ1) is 9.78. The minimum absolute atomic E-state index is 0.463. The maximum Gasteiger partial charge on any atom is 0.0858 e. The Hall–Kier alpha value is -1.31. The van der Waals surface area contributed by atoms with Crippen LogP contribution in [0, 0.1) is 0 Å². The quantitative estimate of drug-likeness (QED) is 0.766. The van der Waals surface area contributed by atoms with E-state index in [1.54, 1.807) is 6.08 Å². The highest BCUT2D eigenvalue weighted by Crippen LogP contribution is 2.18. The fraction of sp³-hybridized carbons (Fsp3) is 0.364. The van der Waals surface area contributed by atoms with E-state index in [9.17, 15) is 0 Å². The van der Waals surface area contributed by atoms with Gasteiger partial charge in [-0.05, 0) is 24.1 Å². The summed E-state index contributed by atoms with van der Waals surface area (Å²) in [5, 5.41) is 3.08. The third-order valence-corrected chi connectivity index (χ3v) is 2.00. The van der Waals surface area contributed by atoms with Crippen molar-refractivity contribution in [3.05, 3.63) is 30.1 Å². The van der Waals surface area contributed by atoms with Crippen molar-refractivity contribution < 1.29 is 0 Å². The van der Waals surface area contributed by atoms with Gasteiger partial charge in [0.05, 0.1) is 11.4 Å². The smallest absolute Gasteiger partial charge is 0.0858 e. The van der Waals surface area contributed by atoms with Crippen molar-refractivity contribution >= 4 is 11.8 Å². The van der Waals surface area contributed by atoms with Crippen molar-refractivity contribution in [1.82, 2.24) is 4.98 Å². The van der Waals surface area contributed by atoms with E-state index in [-0.39, 0.29) is 0 Å². The Morgan fingerprint density at radius 1 is 1.46 bits per heavy atom. The van der Waals surface area contributed by atoms with Crippen LogP contribution in [0.25, 0.3) is 6.08 Å². The van der Waals surface area contributed by atoms with E-state index in [1.807, 2.05) is 19.2 Å². The molecule has 0 fully saturated rings. The van der Waals surface area contributed by atoms with Gasteiger partial charge in [-0.2, -0.15) is 0 Å². The normalized spacial score (nSPS) is 10.2. The van der Waals surface area contributed by atoms with Gasteiger partial charge in [0.15, 0.2) is 0 Å². The zero-order valence-corrected chi connectivity index (χ0v) is 8.46. The molecular formula is C11H16N2. The molecule has 2 nitrogen and oxygen atoms in total. The van der Waals surface area contributed by atoms with Gasteiger partial charge in [0.1, 0.15) is 0 Å². The number of hydrogen-bond donors (Lipinski definition) is 1. The van der Waals surface area contributed by atoms with Crippen LogP contribution in [0.5, 0.6) is 0 Å². The summed E-state index contributed by atoms with van der Waals surface area (Å²) in [6.45, 7) is 8.00. The molecule has 0 atom stereocenters. The van der Waals surface area contributed by atoms with E-state index in [1.165, 1.54) is 0 Å². The topological polar surface area (TPSA) is 24.9 Å². The molecule has 1 rings (SSSR count). The molecule has 1 aromatic heterocycles. The van der Waals surface area contributed by atoms with E-state index in [0.717, 1.165) is 17.1 Å². The monoisotopic (exact) mass is 176 g/mol. The fourth-order valence-electron chi connectivity index (χ4n) is 1.18. The average Bonchev–Trinajstić information content (AvgIpc) is 2.16. The zero-order chi connectivity index (χ0) is 9.84. The Morgan fingerprint density at radius 3 is 2.62 bits per heavy atom. The SMILES string of the molecule is C=Cc1nc(C(C)C)ccc1NC. The fourth-order valence-corrected chi connectivity index (χ4v) is 1.18. The minimum Gasteiger partial charge on any atom is -0.386 e. The number of nitrogens with one attached hydrogen (secondary N) is 1. The molecule has 0 amide bonds. The molecule has 2 heteroatoms. The van der Waals surface area contributed by atoms with Crippen LogP contribution in [0.1, 0.15) is 31.2 Å². The largest absolute Gasteiger partial charge is 0.386 e. The lowest BCUT2D eigenvalue weighted by Crippen LogP contribution is -1.99. The summed E-state index contributed by atoms with van der Waals surface area (Å²) >= 11 is 0. The maximum absolute atomic E-state index is 4.48. The molecule has 0 aliphatic rings. The Balaban J connectivity index is 3.13. The van der Waals surface area contributed by atoms with Gasteiger partial charge in [0.25, 0.3) is 0 Å².